The lowest BCUT2D eigenvalue weighted by atomic mass is 10.1. The lowest BCUT2D eigenvalue weighted by Gasteiger charge is -2.08. The maximum absolute atomic E-state index is 11.7. The molecule has 0 bridgehead atoms. The van der Waals surface area contributed by atoms with Crippen LogP contribution in [0.25, 0.3) is 10.9 Å². The molecule has 2 rings (SSSR count). The Kier molecular flexibility index (Phi) is 5.71. The highest BCUT2D eigenvalue weighted by atomic mass is 32.2. The fraction of sp³-hybridized carbons (Fsp3) is 0.267. The molecule has 0 saturated heterocycles. The van der Waals surface area contributed by atoms with Crippen molar-refractivity contribution in [2.75, 3.05) is 12.0 Å². The third-order valence-electron chi connectivity index (χ3n) is 2.99. The van der Waals surface area contributed by atoms with Crippen LogP contribution in [0.5, 0.6) is 0 Å². The zero-order valence-electron chi connectivity index (χ0n) is 11.8. The van der Waals surface area contributed by atoms with Gasteiger partial charge in [0.15, 0.2) is 0 Å². The van der Waals surface area contributed by atoms with Crippen LogP contribution in [-0.2, 0) is 4.79 Å². The lowest BCUT2D eigenvalue weighted by molar-refractivity contribution is -0.122. The lowest BCUT2D eigenvalue weighted by Crippen LogP contribution is -2.38. The molecule has 1 heterocycles. The number of rotatable bonds is 6. The fourth-order valence-electron chi connectivity index (χ4n) is 1.80. The number of benzene rings is 1. The van der Waals surface area contributed by atoms with Gasteiger partial charge < -0.3 is 5.73 Å². The number of carbonyl (C=O) groups excluding carboxylic acids is 1. The van der Waals surface area contributed by atoms with Crippen molar-refractivity contribution in [2.24, 2.45) is 10.8 Å². The van der Waals surface area contributed by atoms with E-state index in [0.717, 1.165) is 22.2 Å². The van der Waals surface area contributed by atoms with Crippen LogP contribution >= 0.6 is 11.8 Å². The summed E-state index contributed by atoms with van der Waals surface area (Å²) in [6, 6.07) is 9.13. The summed E-state index contributed by atoms with van der Waals surface area (Å²) >= 11 is 1.66. The molecule has 6 heteroatoms. The summed E-state index contributed by atoms with van der Waals surface area (Å²) in [7, 11) is 0. The Labute approximate surface area is 128 Å². The number of hydrogen-bond acceptors (Lipinski definition) is 5. The van der Waals surface area contributed by atoms with Gasteiger partial charge in [-0.1, -0.05) is 12.1 Å². The number of fused-ring (bicyclic) bond motifs is 1. The molecule has 3 N–H and O–H groups in total. The summed E-state index contributed by atoms with van der Waals surface area (Å²) in [5, 5.41) is 4.98. The number of thioether (sulfide) groups is 1. The van der Waals surface area contributed by atoms with Crippen LogP contribution in [0.4, 0.5) is 0 Å². The smallest absolute Gasteiger partial charge is 0.256 e. The second kappa shape index (κ2) is 7.75. The minimum atomic E-state index is -0.518. The molecule has 1 atom stereocenters. The van der Waals surface area contributed by atoms with Crippen LogP contribution in [0.15, 0.2) is 41.6 Å². The number of aromatic nitrogens is 1. The van der Waals surface area contributed by atoms with Crippen molar-refractivity contribution in [3.63, 3.8) is 0 Å². The molecule has 21 heavy (non-hydrogen) atoms. The maximum Gasteiger partial charge on any atom is 0.256 e. The van der Waals surface area contributed by atoms with Crippen molar-refractivity contribution in [3.8, 4) is 0 Å². The third-order valence-corrected chi connectivity index (χ3v) is 3.63. The summed E-state index contributed by atoms with van der Waals surface area (Å²) in [5.41, 5.74) is 10.0. The van der Waals surface area contributed by atoms with Gasteiger partial charge in [-0.15, -0.1) is 0 Å². The Hall–Kier alpha value is -1.92. The van der Waals surface area contributed by atoms with Crippen LogP contribution < -0.4 is 11.2 Å². The first kappa shape index (κ1) is 15.5. The number of amides is 1. The molecule has 0 unspecified atom stereocenters. The average molecular weight is 302 g/mol. The van der Waals surface area contributed by atoms with Gasteiger partial charge in [0, 0.05) is 11.6 Å². The Morgan fingerprint density at radius 3 is 3.19 bits per heavy atom. The highest BCUT2D eigenvalue weighted by molar-refractivity contribution is 7.98. The maximum atomic E-state index is 11.7. The molecule has 0 saturated carbocycles. The third kappa shape index (κ3) is 4.54. The Morgan fingerprint density at radius 1 is 1.52 bits per heavy atom. The van der Waals surface area contributed by atoms with Crippen LogP contribution in [-0.4, -0.2) is 35.2 Å². The first-order valence-corrected chi connectivity index (χ1v) is 8.02. The number of hydrazone groups is 1. The van der Waals surface area contributed by atoms with Gasteiger partial charge in [-0.2, -0.15) is 16.9 Å². The van der Waals surface area contributed by atoms with Gasteiger partial charge in [-0.05, 0) is 42.2 Å². The normalized spacial score (nSPS) is 12.7. The van der Waals surface area contributed by atoms with E-state index < -0.39 is 6.04 Å². The SMILES string of the molecule is CSCC[C@H](N)C(=O)N/N=C/c1ccc2ncccc2c1. The van der Waals surface area contributed by atoms with Crippen molar-refractivity contribution >= 4 is 34.8 Å². The van der Waals surface area contributed by atoms with E-state index >= 15 is 0 Å². The first-order valence-electron chi connectivity index (χ1n) is 6.63. The summed E-state index contributed by atoms with van der Waals surface area (Å²) in [6.07, 6.45) is 5.99. The van der Waals surface area contributed by atoms with E-state index in [2.05, 4.69) is 15.5 Å². The second-order valence-corrected chi connectivity index (χ2v) is 5.56. The summed E-state index contributed by atoms with van der Waals surface area (Å²) in [5.74, 6) is 0.596. The number of hydrogen-bond donors (Lipinski definition) is 2. The fourth-order valence-corrected chi connectivity index (χ4v) is 2.29. The number of nitrogens with one attached hydrogen (secondary N) is 1. The second-order valence-electron chi connectivity index (χ2n) is 4.58. The minimum absolute atomic E-state index is 0.261. The van der Waals surface area contributed by atoms with Crippen LogP contribution in [0, 0.1) is 0 Å². The molecular weight excluding hydrogens is 284 g/mol. The number of nitrogens with zero attached hydrogens (tertiary/aromatic N) is 2. The monoisotopic (exact) mass is 302 g/mol. The molecule has 0 aliphatic carbocycles. The molecule has 0 aliphatic rings. The largest absolute Gasteiger partial charge is 0.320 e. The van der Waals surface area contributed by atoms with E-state index in [1.165, 1.54) is 0 Å². The number of carbonyl (C=O) groups is 1. The van der Waals surface area contributed by atoms with Crippen molar-refractivity contribution in [3.05, 3.63) is 42.1 Å². The van der Waals surface area contributed by atoms with Crippen molar-refractivity contribution in [1.82, 2.24) is 10.4 Å². The predicted molar refractivity (Wildman–Crippen MR) is 88.5 cm³/mol. The predicted octanol–water partition coefficient (Wildman–Crippen LogP) is 1.77. The molecule has 0 aliphatic heterocycles. The molecule has 1 aromatic heterocycles. The van der Waals surface area contributed by atoms with E-state index in [-0.39, 0.29) is 5.91 Å². The molecule has 2 aromatic rings. The Morgan fingerprint density at radius 2 is 2.38 bits per heavy atom. The molecule has 0 fully saturated rings. The molecule has 0 spiro atoms. The average Bonchev–Trinajstić information content (AvgIpc) is 2.52. The molecule has 1 amide bonds. The highest BCUT2D eigenvalue weighted by Crippen LogP contribution is 2.11. The van der Waals surface area contributed by atoms with Gasteiger partial charge in [0.1, 0.15) is 0 Å². The van der Waals surface area contributed by atoms with Crippen LogP contribution in [0.2, 0.25) is 0 Å². The minimum Gasteiger partial charge on any atom is -0.320 e. The van der Waals surface area contributed by atoms with E-state index in [9.17, 15) is 4.79 Å². The van der Waals surface area contributed by atoms with Gasteiger partial charge in [-0.3, -0.25) is 9.78 Å². The highest BCUT2D eigenvalue weighted by Gasteiger charge is 2.11. The van der Waals surface area contributed by atoms with Crippen LogP contribution in [0.1, 0.15) is 12.0 Å². The van der Waals surface area contributed by atoms with Gasteiger partial charge in [0.05, 0.1) is 17.8 Å². The quantitative estimate of drug-likeness (QED) is 0.629. The van der Waals surface area contributed by atoms with Gasteiger partial charge in [-0.25, -0.2) is 5.43 Å². The number of nitrogens with two attached hydrogens (primary N) is 1. The molecular formula is C15H18N4OS. The standard InChI is InChI=1S/C15H18N4OS/c1-21-8-6-13(16)15(20)19-18-10-11-4-5-14-12(9-11)3-2-7-17-14/h2-5,7,9-10,13H,6,8,16H2,1H3,(H,19,20)/b18-10+/t13-/m0/s1. The van der Waals surface area contributed by atoms with E-state index in [4.69, 9.17) is 5.73 Å². The van der Waals surface area contributed by atoms with Gasteiger partial charge >= 0.3 is 0 Å². The zero-order valence-corrected chi connectivity index (χ0v) is 12.6. The van der Waals surface area contributed by atoms with Gasteiger partial charge in [0.2, 0.25) is 0 Å². The van der Waals surface area contributed by atoms with Crippen molar-refractivity contribution in [2.45, 2.75) is 12.5 Å². The molecule has 110 valence electrons. The molecule has 1 aromatic carbocycles. The van der Waals surface area contributed by atoms with Crippen molar-refractivity contribution < 1.29 is 4.79 Å². The number of pyridine rings is 1. The molecule has 5 nitrogen and oxygen atoms in total. The van der Waals surface area contributed by atoms with Crippen molar-refractivity contribution in [1.29, 1.82) is 0 Å². The van der Waals surface area contributed by atoms with E-state index in [1.807, 2.05) is 36.6 Å². The topological polar surface area (TPSA) is 80.4 Å². The van der Waals surface area contributed by atoms with Gasteiger partial charge in [0.25, 0.3) is 5.91 Å². The van der Waals surface area contributed by atoms with E-state index in [1.54, 1.807) is 24.2 Å². The first-order chi connectivity index (χ1) is 10.2. The Balaban J connectivity index is 1.95. The summed E-state index contributed by atoms with van der Waals surface area (Å²) in [4.78, 5) is 15.9. The Bertz CT molecular complexity index is 644. The van der Waals surface area contributed by atoms with E-state index in [0.29, 0.717) is 6.42 Å². The summed E-state index contributed by atoms with van der Waals surface area (Å²) < 4.78 is 0. The summed E-state index contributed by atoms with van der Waals surface area (Å²) in [6.45, 7) is 0. The molecule has 0 radical (unpaired) electrons. The van der Waals surface area contributed by atoms with Crippen LogP contribution in [0.3, 0.4) is 0 Å². The zero-order chi connectivity index (χ0) is 15.1.